The molecule has 6 nitrogen and oxygen atoms in total. The van der Waals surface area contributed by atoms with Crippen molar-refractivity contribution in [3.63, 3.8) is 0 Å². The highest BCUT2D eigenvalue weighted by Crippen LogP contribution is 2.24. The van der Waals surface area contributed by atoms with Gasteiger partial charge in [-0.05, 0) is 66.7 Å². The van der Waals surface area contributed by atoms with E-state index in [4.69, 9.17) is 23.2 Å². The van der Waals surface area contributed by atoms with Gasteiger partial charge in [0.2, 0.25) is 5.91 Å². The van der Waals surface area contributed by atoms with Gasteiger partial charge in [0.1, 0.15) is 5.82 Å². The summed E-state index contributed by atoms with van der Waals surface area (Å²) in [6, 6.07) is 21.1. The van der Waals surface area contributed by atoms with Crippen LogP contribution in [0.25, 0.3) is 23.5 Å². The molecule has 0 aliphatic rings. The van der Waals surface area contributed by atoms with Crippen LogP contribution in [0.5, 0.6) is 0 Å². The van der Waals surface area contributed by atoms with E-state index in [0.29, 0.717) is 44.2 Å². The zero-order valence-corrected chi connectivity index (χ0v) is 19.9. The highest BCUT2D eigenvalue weighted by molar-refractivity contribution is 6.42. The lowest BCUT2D eigenvalue weighted by molar-refractivity contribution is -0.111. The molecule has 1 heterocycles. The van der Waals surface area contributed by atoms with Crippen LogP contribution in [0.3, 0.4) is 0 Å². The minimum absolute atomic E-state index is 0.260. The van der Waals surface area contributed by atoms with Crippen molar-refractivity contribution in [2.45, 2.75) is 0 Å². The number of nitrogens with one attached hydrogen (secondary N) is 3. The number of anilines is 2. The van der Waals surface area contributed by atoms with E-state index in [1.807, 2.05) is 42.5 Å². The molecule has 0 fully saturated rings. The zero-order valence-electron chi connectivity index (χ0n) is 18.4. The van der Waals surface area contributed by atoms with Gasteiger partial charge in [-0.1, -0.05) is 48.0 Å². The summed E-state index contributed by atoms with van der Waals surface area (Å²) in [5, 5.41) is 6.31. The van der Waals surface area contributed by atoms with Crippen molar-refractivity contribution in [2.75, 3.05) is 10.6 Å². The Morgan fingerprint density at radius 3 is 2.29 bits per heavy atom. The van der Waals surface area contributed by atoms with Gasteiger partial charge in [0.15, 0.2) is 0 Å². The van der Waals surface area contributed by atoms with Gasteiger partial charge in [0, 0.05) is 28.6 Å². The molecule has 0 radical (unpaired) electrons. The Morgan fingerprint density at radius 2 is 1.60 bits per heavy atom. The zero-order chi connectivity index (χ0) is 24.8. The number of para-hydroxylation sites is 1. The predicted molar refractivity (Wildman–Crippen MR) is 143 cm³/mol. The molecular weight excluding hydrogens is 483 g/mol. The Bertz CT molecular complexity index is 1410. The van der Waals surface area contributed by atoms with Crippen molar-refractivity contribution < 1.29 is 9.59 Å². The second kappa shape index (κ2) is 10.9. The van der Waals surface area contributed by atoms with Crippen LogP contribution in [0, 0.1) is 0 Å². The first-order chi connectivity index (χ1) is 16.9. The molecule has 4 aromatic rings. The van der Waals surface area contributed by atoms with Crippen LogP contribution in [0.4, 0.5) is 11.4 Å². The molecule has 0 bridgehead atoms. The largest absolute Gasteiger partial charge is 0.338 e. The van der Waals surface area contributed by atoms with E-state index in [1.54, 1.807) is 36.4 Å². The van der Waals surface area contributed by atoms with Crippen LogP contribution in [0.15, 0.2) is 85.5 Å². The van der Waals surface area contributed by atoms with Crippen LogP contribution < -0.4 is 10.6 Å². The van der Waals surface area contributed by atoms with E-state index in [2.05, 4.69) is 27.2 Å². The van der Waals surface area contributed by atoms with Crippen molar-refractivity contribution >= 4 is 58.5 Å². The van der Waals surface area contributed by atoms with Gasteiger partial charge in [-0.2, -0.15) is 0 Å². The minimum atomic E-state index is -0.301. The summed E-state index contributed by atoms with van der Waals surface area (Å²) >= 11 is 11.9. The standard InChI is InChI=1S/C27H20Cl2N4O2/c1-2-23-24(14-15-25(34)30-19-6-4-3-5-7-19)33-26(32-23)17-8-11-20(12-9-17)31-27(35)18-10-13-21(28)22(29)16-18/h2-16H,1H2,(H,30,34)(H,31,35)(H,32,33). The molecule has 0 aliphatic heterocycles. The Morgan fingerprint density at radius 1 is 0.886 bits per heavy atom. The van der Waals surface area contributed by atoms with Crippen LogP contribution >= 0.6 is 23.2 Å². The Labute approximate surface area is 212 Å². The molecule has 0 saturated heterocycles. The number of H-pyrrole nitrogens is 1. The number of carbonyl (C=O) groups excluding carboxylic acids is 2. The smallest absolute Gasteiger partial charge is 0.255 e. The molecule has 2 amide bonds. The molecule has 0 aliphatic carbocycles. The normalized spacial score (nSPS) is 10.8. The Balaban J connectivity index is 1.45. The fourth-order valence-corrected chi connectivity index (χ4v) is 3.53. The number of aromatic amines is 1. The number of carbonyl (C=O) groups is 2. The Kier molecular flexibility index (Phi) is 7.45. The van der Waals surface area contributed by atoms with E-state index in [9.17, 15) is 9.59 Å². The van der Waals surface area contributed by atoms with E-state index in [1.165, 1.54) is 12.1 Å². The summed E-state index contributed by atoms with van der Waals surface area (Å²) in [4.78, 5) is 32.4. The lowest BCUT2D eigenvalue weighted by atomic mass is 10.1. The minimum Gasteiger partial charge on any atom is -0.338 e. The molecule has 174 valence electrons. The Hall–Kier alpha value is -4.13. The number of amides is 2. The van der Waals surface area contributed by atoms with E-state index in [-0.39, 0.29) is 11.8 Å². The predicted octanol–water partition coefficient (Wildman–Crippen LogP) is 6.93. The average Bonchev–Trinajstić information content (AvgIpc) is 3.29. The quantitative estimate of drug-likeness (QED) is 0.239. The molecule has 3 N–H and O–H groups in total. The van der Waals surface area contributed by atoms with Crippen LogP contribution in [-0.4, -0.2) is 21.8 Å². The van der Waals surface area contributed by atoms with Gasteiger partial charge in [-0.25, -0.2) is 4.98 Å². The summed E-state index contributed by atoms with van der Waals surface area (Å²) in [5.74, 6) is 0.0410. The number of hydrogen-bond donors (Lipinski definition) is 3. The molecule has 1 aromatic heterocycles. The molecule has 8 heteroatoms. The molecule has 35 heavy (non-hydrogen) atoms. The first kappa shape index (κ1) is 24.0. The van der Waals surface area contributed by atoms with E-state index in [0.717, 1.165) is 5.56 Å². The fraction of sp³-hybridized carbons (Fsp3) is 0. The maximum atomic E-state index is 12.5. The molecule has 0 unspecified atom stereocenters. The highest BCUT2D eigenvalue weighted by atomic mass is 35.5. The molecule has 0 atom stereocenters. The van der Waals surface area contributed by atoms with Crippen molar-refractivity contribution in [1.82, 2.24) is 9.97 Å². The molecule has 4 rings (SSSR count). The maximum absolute atomic E-state index is 12.5. The highest BCUT2D eigenvalue weighted by Gasteiger charge is 2.11. The maximum Gasteiger partial charge on any atom is 0.255 e. The van der Waals surface area contributed by atoms with Crippen LogP contribution in [-0.2, 0) is 4.79 Å². The third-order valence-corrected chi connectivity index (χ3v) is 5.73. The lowest BCUT2D eigenvalue weighted by Gasteiger charge is -2.07. The number of aromatic nitrogens is 2. The first-order valence-electron chi connectivity index (χ1n) is 10.6. The van der Waals surface area contributed by atoms with E-state index < -0.39 is 0 Å². The molecule has 0 spiro atoms. The number of halogens is 2. The summed E-state index contributed by atoms with van der Waals surface area (Å²) in [5.41, 5.74) is 3.78. The van der Waals surface area contributed by atoms with Gasteiger partial charge in [-0.15, -0.1) is 0 Å². The van der Waals surface area contributed by atoms with Crippen LogP contribution in [0.1, 0.15) is 21.7 Å². The van der Waals surface area contributed by atoms with E-state index >= 15 is 0 Å². The second-order valence-corrected chi connectivity index (χ2v) is 8.25. The number of rotatable bonds is 7. The van der Waals surface area contributed by atoms with Gasteiger partial charge in [0.05, 0.1) is 21.4 Å². The van der Waals surface area contributed by atoms with Crippen molar-refractivity contribution in [2.24, 2.45) is 0 Å². The van der Waals surface area contributed by atoms with Crippen LogP contribution in [0.2, 0.25) is 10.0 Å². The first-order valence-corrected chi connectivity index (χ1v) is 11.3. The summed E-state index contributed by atoms with van der Waals surface area (Å²) < 4.78 is 0. The number of nitrogens with zero attached hydrogens (tertiary/aromatic N) is 1. The molecule has 0 saturated carbocycles. The van der Waals surface area contributed by atoms with Gasteiger partial charge in [-0.3, -0.25) is 9.59 Å². The molecule has 3 aromatic carbocycles. The summed E-state index contributed by atoms with van der Waals surface area (Å²) in [6.07, 6.45) is 4.69. The second-order valence-electron chi connectivity index (χ2n) is 7.44. The van der Waals surface area contributed by atoms with Gasteiger partial charge < -0.3 is 15.6 Å². The monoisotopic (exact) mass is 502 g/mol. The number of benzene rings is 3. The SMILES string of the molecule is C=Cc1nc(-c2ccc(NC(=O)c3ccc(Cl)c(Cl)c3)cc2)[nH]c1C=CC(=O)Nc1ccccc1. The van der Waals surface area contributed by atoms with Crippen molar-refractivity contribution in [3.8, 4) is 11.4 Å². The topological polar surface area (TPSA) is 86.9 Å². The third-order valence-electron chi connectivity index (χ3n) is 5.00. The average molecular weight is 503 g/mol. The lowest BCUT2D eigenvalue weighted by Crippen LogP contribution is -2.11. The number of imidazole rings is 1. The summed E-state index contributed by atoms with van der Waals surface area (Å²) in [6.45, 7) is 3.80. The van der Waals surface area contributed by atoms with Gasteiger partial charge >= 0.3 is 0 Å². The van der Waals surface area contributed by atoms with Crippen molar-refractivity contribution in [1.29, 1.82) is 0 Å². The number of hydrogen-bond acceptors (Lipinski definition) is 3. The summed E-state index contributed by atoms with van der Waals surface area (Å²) in [7, 11) is 0. The molecular formula is C27H20Cl2N4O2. The van der Waals surface area contributed by atoms with Gasteiger partial charge in [0.25, 0.3) is 5.91 Å². The van der Waals surface area contributed by atoms with Crippen molar-refractivity contribution in [3.05, 3.63) is 112 Å². The third kappa shape index (κ3) is 6.06. The fourth-order valence-electron chi connectivity index (χ4n) is 3.24.